The van der Waals surface area contributed by atoms with Gasteiger partial charge < -0.3 is 10.5 Å². The second kappa shape index (κ2) is 6.71. The second-order valence-corrected chi connectivity index (χ2v) is 6.52. The lowest BCUT2D eigenvalue weighted by molar-refractivity contribution is -0.153. The second-order valence-electron chi connectivity index (χ2n) is 4.03. The Morgan fingerprint density at radius 3 is 2.50 bits per heavy atom. The van der Waals surface area contributed by atoms with Gasteiger partial charge in [0.25, 0.3) is 5.91 Å². The molecule has 0 saturated carbocycles. The van der Waals surface area contributed by atoms with Gasteiger partial charge in [0.15, 0.2) is 15.9 Å². The summed E-state index contributed by atoms with van der Waals surface area (Å²) in [6, 6.07) is 5.94. The molecule has 0 fully saturated rings. The number of amides is 1. The number of sulfone groups is 1. The van der Waals surface area contributed by atoms with E-state index in [0.29, 0.717) is 0 Å². The lowest BCUT2D eigenvalue weighted by Crippen LogP contribution is -2.31. The molecule has 1 rings (SSSR count). The fraction of sp³-hybridized carbons (Fsp3) is 0.333. The van der Waals surface area contributed by atoms with E-state index in [1.165, 1.54) is 25.1 Å². The van der Waals surface area contributed by atoms with E-state index in [9.17, 15) is 18.0 Å². The Kier molecular flexibility index (Phi) is 5.52. The Hall–Kier alpha value is -1.60. The molecule has 1 unspecified atom stereocenters. The fourth-order valence-corrected chi connectivity index (χ4v) is 3.13. The van der Waals surface area contributed by atoms with Crippen molar-refractivity contribution < 1.29 is 22.7 Å². The minimum atomic E-state index is -3.69. The third-order valence-electron chi connectivity index (χ3n) is 2.46. The van der Waals surface area contributed by atoms with E-state index >= 15 is 0 Å². The highest BCUT2D eigenvalue weighted by molar-refractivity contribution is 7.91. The summed E-state index contributed by atoms with van der Waals surface area (Å²) in [6.45, 7) is 1.31. The molecule has 110 valence electrons. The van der Waals surface area contributed by atoms with Crippen LogP contribution < -0.4 is 5.73 Å². The summed E-state index contributed by atoms with van der Waals surface area (Å²) in [4.78, 5) is 22.1. The van der Waals surface area contributed by atoms with Crippen LogP contribution in [0.15, 0.2) is 29.2 Å². The molecule has 8 heteroatoms. The number of hydrogen-bond acceptors (Lipinski definition) is 5. The lowest BCUT2D eigenvalue weighted by Gasteiger charge is -2.10. The van der Waals surface area contributed by atoms with E-state index < -0.39 is 33.6 Å². The molecule has 0 aliphatic heterocycles. The maximum atomic E-state index is 12.0. The number of rotatable bonds is 6. The first-order valence-corrected chi connectivity index (χ1v) is 7.73. The molecular formula is C12H14ClNO5S. The van der Waals surface area contributed by atoms with Crippen molar-refractivity contribution in [3.05, 3.63) is 29.3 Å². The summed E-state index contributed by atoms with van der Waals surface area (Å²) in [7, 11) is -3.69. The highest BCUT2D eigenvalue weighted by Gasteiger charge is 2.21. The van der Waals surface area contributed by atoms with Crippen molar-refractivity contribution in [2.24, 2.45) is 5.73 Å². The van der Waals surface area contributed by atoms with Gasteiger partial charge >= 0.3 is 5.97 Å². The van der Waals surface area contributed by atoms with Crippen LogP contribution in [0.4, 0.5) is 0 Å². The maximum absolute atomic E-state index is 12.0. The largest absolute Gasteiger partial charge is 0.453 e. The molecule has 1 atom stereocenters. The smallest absolute Gasteiger partial charge is 0.307 e. The van der Waals surface area contributed by atoms with Crippen molar-refractivity contribution >= 4 is 33.3 Å². The Morgan fingerprint density at radius 1 is 1.35 bits per heavy atom. The van der Waals surface area contributed by atoms with Crippen LogP contribution in [-0.4, -0.2) is 32.2 Å². The zero-order valence-corrected chi connectivity index (χ0v) is 12.3. The van der Waals surface area contributed by atoms with Crippen LogP contribution in [0, 0.1) is 0 Å². The van der Waals surface area contributed by atoms with E-state index in [0.717, 1.165) is 0 Å². The third-order valence-corrected chi connectivity index (χ3v) is 4.66. The number of carbonyl (C=O) groups excluding carboxylic acids is 2. The molecule has 0 bridgehead atoms. The molecule has 0 heterocycles. The van der Waals surface area contributed by atoms with E-state index in [1.807, 2.05) is 0 Å². The molecular weight excluding hydrogens is 306 g/mol. The van der Waals surface area contributed by atoms with Crippen LogP contribution in [-0.2, 0) is 24.2 Å². The topological polar surface area (TPSA) is 104 Å². The van der Waals surface area contributed by atoms with Crippen LogP contribution in [0.5, 0.6) is 0 Å². The minimum absolute atomic E-state index is 0.0441. The van der Waals surface area contributed by atoms with E-state index in [-0.39, 0.29) is 16.3 Å². The first kappa shape index (κ1) is 16.5. The van der Waals surface area contributed by atoms with Gasteiger partial charge in [-0.2, -0.15) is 0 Å². The van der Waals surface area contributed by atoms with Crippen molar-refractivity contribution in [3.63, 3.8) is 0 Å². The summed E-state index contributed by atoms with van der Waals surface area (Å²) in [6.07, 6.45) is -1.48. The quantitative estimate of drug-likeness (QED) is 0.785. The highest BCUT2D eigenvalue weighted by Crippen LogP contribution is 2.22. The van der Waals surface area contributed by atoms with Gasteiger partial charge in [0.2, 0.25) is 0 Å². The van der Waals surface area contributed by atoms with Crippen molar-refractivity contribution in [2.75, 3.05) is 5.75 Å². The van der Waals surface area contributed by atoms with Crippen LogP contribution in [0.25, 0.3) is 0 Å². The number of carbonyl (C=O) groups is 2. The van der Waals surface area contributed by atoms with E-state index in [4.69, 9.17) is 17.3 Å². The number of nitrogens with two attached hydrogens (primary N) is 1. The van der Waals surface area contributed by atoms with Gasteiger partial charge in [-0.1, -0.05) is 23.7 Å². The number of halogens is 1. The third kappa shape index (κ3) is 4.50. The van der Waals surface area contributed by atoms with Gasteiger partial charge in [-0.05, 0) is 19.1 Å². The van der Waals surface area contributed by atoms with Crippen LogP contribution in [0.2, 0.25) is 5.02 Å². The average Bonchev–Trinajstić information content (AvgIpc) is 2.36. The Morgan fingerprint density at radius 2 is 1.95 bits per heavy atom. The standard InChI is InChI=1S/C12H14ClNO5S/c1-8(12(14)16)19-11(15)6-7-20(17,18)10-5-3-2-4-9(10)13/h2-5,8H,6-7H2,1H3,(H2,14,16). The van der Waals surface area contributed by atoms with Crippen molar-refractivity contribution in [1.29, 1.82) is 0 Å². The number of primary amides is 1. The van der Waals surface area contributed by atoms with Gasteiger partial charge in [-0.25, -0.2) is 8.42 Å². The van der Waals surface area contributed by atoms with Crippen molar-refractivity contribution in [1.82, 2.24) is 0 Å². The molecule has 0 aromatic heterocycles. The minimum Gasteiger partial charge on any atom is -0.453 e. The summed E-state index contributed by atoms with van der Waals surface area (Å²) >= 11 is 5.79. The van der Waals surface area contributed by atoms with Crippen molar-refractivity contribution in [2.45, 2.75) is 24.3 Å². The summed E-state index contributed by atoms with van der Waals surface area (Å²) < 4.78 is 28.6. The molecule has 0 aliphatic rings. The van der Waals surface area contributed by atoms with E-state index in [2.05, 4.69) is 4.74 Å². The highest BCUT2D eigenvalue weighted by atomic mass is 35.5. The molecule has 20 heavy (non-hydrogen) atoms. The van der Waals surface area contributed by atoms with Crippen molar-refractivity contribution in [3.8, 4) is 0 Å². The molecule has 0 saturated heterocycles. The molecule has 6 nitrogen and oxygen atoms in total. The SMILES string of the molecule is CC(OC(=O)CCS(=O)(=O)c1ccccc1Cl)C(N)=O. The molecule has 0 spiro atoms. The van der Waals surface area contributed by atoms with Gasteiger partial charge in [0.05, 0.1) is 22.1 Å². The average molecular weight is 320 g/mol. The zero-order chi connectivity index (χ0) is 15.3. The molecule has 0 aliphatic carbocycles. The monoisotopic (exact) mass is 319 g/mol. The number of hydrogen-bond donors (Lipinski definition) is 1. The fourth-order valence-electron chi connectivity index (χ4n) is 1.34. The van der Waals surface area contributed by atoms with E-state index in [1.54, 1.807) is 6.07 Å². The maximum Gasteiger partial charge on any atom is 0.307 e. The van der Waals surface area contributed by atoms with Gasteiger partial charge in [0.1, 0.15) is 0 Å². The Balaban J connectivity index is 2.68. The Labute approximate surface area is 121 Å². The van der Waals surface area contributed by atoms with Gasteiger partial charge in [-0.15, -0.1) is 0 Å². The molecule has 0 radical (unpaired) electrons. The Bertz CT molecular complexity index is 614. The van der Waals surface area contributed by atoms with Gasteiger partial charge in [0, 0.05) is 0 Å². The predicted octanol–water partition coefficient (Wildman–Crippen LogP) is 0.921. The van der Waals surface area contributed by atoms with Gasteiger partial charge in [-0.3, -0.25) is 9.59 Å². The first-order valence-electron chi connectivity index (χ1n) is 5.70. The van der Waals surface area contributed by atoms with Crippen LogP contribution in [0.3, 0.4) is 0 Å². The predicted molar refractivity (Wildman–Crippen MR) is 72.9 cm³/mol. The first-order chi connectivity index (χ1) is 9.24. The number of benzene rings is 1. The number of ether oxygens (including phenoxy) is 1. The molecule has 1 amide bonds. The normalized spacial score (nSPS) is 12.7. The zero-order valence-electron chi connectivity index (χ0n) is 10.7. The summed E-state index contributed by atoms with van der Waals surface area (Å²) in [5.74, 6) is -2.07. The molecule has 2 N–H and O–H groups in total. The number of esters is 1. The molecule has 1 aromatic rings. The van der Waals surface area contributed by atoms with Crippen LogP contribution in [0.1, 0.15) is 13.3 Å². The lowest BCUT2D eigenvalue weighted by atomic mass is 10.4. The van der Waals surface area contributed by atoms with Crippen LogP contribution >= 0.6 is 11.6 Å². The molecule has 1 aromatic carbocycles. The summed E-state index contributed by atoms with van der Waals surface area (Å²) in [5.41, 5.74) is 4.93. The summed E-state index contributed by atoms with van der Waals surface area (Å²) in [5, 5.41) is 0.0892.